The molecule has 2 N–H and O–H groups in total. The normalized spacial score (nSPS) is 12.6. The molecular formula is C10H8O4S. The van der Waals surface area contributed by atoms with Crippen LogP contribution in [0.15, 0.2) is 36.4 Å². The molecular weight excluding hydrogens is 216 g/mol. The number of hydrogen-bond acceptors (Lipinski definition) is 3. The molecule has 4 nitrogen and oxygen atoms in total. The highest BCUT2D eigenvalue weighted by atomic mass is 32.2. The SMILES string of the molecule is O=S(O)Oc1c(O)ccc2ccccc12. The van der Waals surface area contributed by atoms with Crippen LogP contribution in [-0.2, 0) is 11.4 Å². The zero-order valence-electron chi connectivity index (χ0n) is 7.58. The molecule has 5 heteroatoms. The first-order valence-electron chi connectivity index (χ1n) is 4.18. The van der Waals surface area contributed by atoms with Gasteiger partial charge in [0.2, 0.25) is 0 Å². The molecule has 0 aromatic heterocycles. The fourth-order valence-corrected chi connectivity index (χ4v) is 1.71. The van der Waals surface area contributed by atoms with E-state index >= 15 is 0 Å². The first kappa shape index (κ1) is 9.95. The highest BCUT2D eigenvalue weighted by Gasteiger charge is 2.10. The summed E-state index contributed by atoms with van der Waals surface area (Å²) in [5, 5.41) is 10.9. The number of fused-ring (bicyclic) bond motifs is 1. The van der Waals surface area contributed by atoms with Crippen molar-refractivity contribution in [3.8, 4) is 11.5 Å². The van der Waals surface area contributed by atoms with Gasteiger partial charge < -0.3 is 9.29 Å². The molecule has 1 atom stereocenters. The van der Waals surface area contributed by atoms with Crippen LogP contribution in [0.5, 0.6) is 11.5 Å². The second-order valence-electron chi connectivity index (χ2n) is 2.94. The van der Waals surface area contributed by atoms with Gasteiger partial charge in [0.1, 0.15) is 0 Å². The Bertz CT molecular complexity index is 524. The maximum Gasteiger partial charge on any atom is 0.357 e. The summed E-state index contributed by atoms with van der Waals surface area (Å²) in [6, 6.07) is 10.2. The van der Waals surface area contributed by atoms with Gasteiger partial charge in [-0.05, 0) is 11.5 Å². The van der Waals surface area contributed by atoms with Crippen LogP contribution >= 0.6 is 0 Å². The largest absolute Gasteiger partial charge is 0.504 e. The molecule has 0 saturated carbocycles. The number of aromatic hydroxyl groups is 1. The lowest BCUT2D eigenvalue weighted by atomic mass is 10.1. The minimum atomic E-state index is -2.44. The van der Waals surface area contributed by atoms with Crippen molar-refractivity contribution in [2.75, 3.05) is 0 Å². The molecule has 1 unspecified atom stereocenters. The van der Waals surface area contributed by atoms with Crippen LogP contribution in [-0.4, -0.2) is 13.9 Å². The molecule has 0 saturated heterocycles. The van der Waals surface area contributed by atoms with E-state index in [0.717, 1.165) is 5.39 Å². The van der Waals surface area contributed by atoms with Crippen LogP contribution < -0.4 is 4.18 Å². The molecule has 2 aromatic rings. The van der Waals surface area contributed by atoms with Gasteiger partial charge in [0, 0.05) is 5.39 Å². The Labute approximate surface area is 88.6 Å². The quantitative estimate of drug-likeness (QED) is 0.766. The average molecular weight is 224 g/mol. The summed E-state index contributed by atoms with van der Waals surface area (Å²) in [7, 11) is 0. The average Bonchev–Trinajstić information content (AvgIpc) is 2.22. The van der Waals surface area contributed by atoms with Gasteiger partial charge in [-0.15, -0.1) is 0 Å². The lowest BCUT2D eigenvalue weighted by Crippen LogP contribution is -1.98. The van der Waals surface area contributed by atoms with Crippen LogP contribution in [0.25, 0.3) is 10.8 Å². The van der Waals surface area contributed by atoms with Gasteiger partial charge in [-0.2, -0.15) is 4.21 Å². The molecule has 0 spiro atoms. The summed E-state index contributed by atoms with van der Waals surface area (Å²) >= 11 is -2.44. The van der Waals surface area contributed by atoms with Crippen LogP contribution in [0.3, 0.4) is 0 Å². The third-order valence-corrected chi connectivity index (χ3v) is 2.32. The molecule has 78 valence electrons. The number of phenols is 1. The molecule has 0 radical (unpaired) electrons. The third-order valence-electron chi connectivity index (χ3n) is 2.01. The first-order chi connectivity index (χ1) is 7.18. The van der Waals surface area contributed by atoms with Crippen molar-refractivity contribution in [2.24, 2.45) is 0 Å². The smallest absolute Gasteiger partial charge is 0.357 e. The van der Waals surface area contributed by atoms with Crippen molar-refractivity contribution in [3.05, 3.63) is 36.4 Å². The fourth-order valence-electron chi connectivity index (χ4n) is 1.39. The van der Waals surface area contributed by atoms with Crippen molar-refractivity contribution in [1.82, 2.24) is 0 Å². The van der Waals surface area contributed by atoms with Gasteiger partial charge in [0.25, 0.3) is 0 Å². The summed E-state index contributed by atoms with van der Waals surface area (Å²) in [5.74, 6) is -0.134. The zero-order chi connectivity index (χ0) is 10.8. The van der Waals surface area contributed by atoms with Crippen LogP contribution in [0, 0.1) is 0 Å². The molecule has 0 aliphatic rings. The molecule has 2 rings (SSSR count). The Morgan fingerprint density at radius 3 is 2.60 bits per heavy atom. The molecule has 0 bridgehead atoms. The summed E-state index contributed by atoms with van der Waals surface area (Å²) in [5.41, 5.74) is 0. The zero-order valence-corrected chi connectivity index (χ0v) is 8.40. The number of rotatable bonds is 2. The lowest BCUT2D eigenvalue weighted by Gasteiger charge is -2.06. The summed E-state index contributed by atoms with van der Waals surface area (Å²) in [4.78, 5) is 0. The Morgan fingerprint density at radius 1 is 1.13 bits per heavy atom. The Balaban J connectivity index is 2.68. The highest BCUT2D eigenvalue weighted by molar-refractivity contribution is 7.74. The lowest BCUT2D eigenvalue weighted by molar-refractivity contribution is 0.420. The standard InChI is InChI=1S/C10H8O4S/c11-9-6-5-7-3-1-2-4-8(7)10(9)14-15(12)13/h1-6,11H,(H,12,13). The predicted molar refractivity (Wildman–Crippen MR) is 57.0 cm³/mol. The molecule has 0 heterocycles. The van der Waals surface area contributed by atoms with E-state index in [9.17, 15) is 9.32 Å². The molecule has 2 aromatic carbocycles. The second-order valence-corrected chi connectivity index (χ2v) is 3.54. The topological polar surface area (TPSA) is 66.8 Å². The van der Waals surface area contributed by atoms with Crippen LogP contribution in [0.1, 0.15) is 0 Å². The van der Waals surface area contributed by atoms with E-state index in [0.29, 0.717) is 5.39 Å². The third kappa shape index (κ3) is 1.93. The van der Waals surface area contributed by atoms with Gasteiger partial charge in [0.15, 0.2) is 11.5 Å². The Hall–Kier alpha value is -1.59. The van der Waals surface area contributed by atoms with Gasteiger partial charge >= 0.3 is 11.4 Å². The molecule has 15 heavy (non-hydrogen) atoms. The van der Waals surface area contributed by atoms with E-state index in [-0.39, 0.29) is 11.5 Å². The molecule has 0 fully saturated rings. The van der Waals surface area contributed by atoms with Crippen LogP contribution in [0.4, 0.5) is 0 Å². The number of benzene rings is 2. The molecule has 0 amide bonds. The highest BCUT2D eigenvalue weighted by Crippen LogP contribution is 2.34. The monoisotopic (exact) mass is 224 g/mol. The van der Waals surface area contributed by atoms with Gasteiger partial charge in [0.05, 0.1) is 0 Å². The maximum atomic E-state index is 10.5. The van der Waals surface area contributed by atoms with Gasteiger partial charge in [-0.3, -0.25) is 4.55 Å². The van der Waals surface area contributed by atoms with E-state index < -0.39 is 11.4 Å². The minimum Gasteiger partial charge on any atom is -0.504 e. The number of phenolic OH excluding ortho intramolecular Hbond substituents is 1. The summed E-state index contributed by atoms with van der Waals surface area (Å²) < 4.78 is 23.8. The Kier molecular flexibility index (Phi) is 2.57. The van der Waals surface area contributed by atoms with Crippen molar-refractivity contribution in [3.63, 3.8) is 0 Å². The van der Waals surface area contributed by atoms with E-state index in [1.54, 1.807) is 18.2 Å². The van der Waals surface area contributed by atoms with Gasteiger partial charge in [-0.25, -0.2) is 0 Å². The maximum absolute atomic E-state index is 10.5. The van der Waals surface area contributed by atoms with E-state index in [2.05, 4.69) is 4.18 Å². The van der Waals surface area contributed by atoms with E-state index in [1.807, 2.05) is 12.1 Å². The van der Waals surface area contributed by atoms with Crippen molar-refractivity contribution in [2.45, 2.75) is 0 Å². The van der Waals surface area contributed by atoms with E-state index in [1.165, 1.54) is 6.07 Å². The van der Waals surface area contributed by atoms with Gasteiger partial charge in [-0.1, -0.05) is 30.3 Å². The van der Waals surface area contributed by atoms with Crippen LogP contribution in [0.2, 0.25) is 0 Å². The fraction of sp³-hybridized carbons (Fsp3) is 0. The molecule has 0 aliphatic heterocycles. The first-order valence-corrected chi connectivity index (χ1v) is 5.21. The van der Waals surface area contributed by atoms with Crippen molar-refractivity contribution >= 4 is 22.1 Å². The summed E-state index contributed by atoms with van der Waals surface area (Å²) in [6.45, 7) is 0. The van der Waals surface area contributed by atoms with Crippen molar-refractivity contribution in [1.29, 1.82) is 0 Å². The van der Waals surface area contributed by atoms with E-state index in [4.69, 9.17) is 4.55 Å². The minimum absolute atomic E-state index is 0.0222. The van der Waals surface area contributed by atoms with Crippen molar-refractivity contribution < 1.29 is 18.1 Å². The second kappa shape index (κ2) is 3.88. The summed E-state index contributed by atoms with van der Waals surface area (Å²) in [6.07, 6.45) is 0. The Morgan fingerprint density at radius 2 is 1.87 bits per heavy atom. The predicted octanol–water partition coefficient (Wildman–Crippen LogP) is 2.06. The molecule has 0 aliphatic carbocycles. The number of hydrogen-bond donors (Lipinski definition) is 2.